The Kier molecular flexibility index (Phi) is 9.69. The molecule has 11 atom stereocenters. The standard InChI is InChI=1S/C17H31BN5O15P3/c1-7-3-8(35-16(7)23-6-22(2)10-14(23)20-17(19)21-15(10)26)4-33-39(27,28)37-41(31,32)38-40(29,30)34-5-9-11(24)12(25)13(18)36-9/h7-9,11-13,15-16,24-26H,3-6H2,1-2H3,(H,27,28)(H,29,30)(H,31,32)(H3,19,20,21)/t7-,8-,9+,11?,12?,13+,15?,16+/m0/s1. The third kappa shape index (κ3) is 7.70. The van der Waals surface area contributed by atoms with Gasteiger partial charge in [-0.15, -0.1) is 0 Å². The van der Waals surface area contributed by atoms with Gasteiger partial charge in [-0.3, -0.25) is 9.05 Å². The Hall–Kier alpha value is -1.12. The van der Waals surface area contributed by atoms with Gasteiger partial charge in [0.05, 0.1) is 32.1 Å². The van der Waals surface area contributed by atoms with Crippen molar-refractivity contribution >= 4 is 37.3 Å². The smallest absolute Gasteiger partial charge is 0.388 e. The van der Waals surface area contributed by atoms with E-state index in [1.807, 2.05) is 6.92 Å². The van der Waals surface area contributed by atoms with E-state index in [-0.39, 0.29) is 11.9 Å². The predicted octanol–water partition coefficient (Wildman–Crippen LogP) is -2.67. The highest BCUT2D eigenvalue weighted by Gasteiger charge is 2.47. The number of guanidine groups is 1. The minimum absolute atomic E-state index is 0.00129. The molecule has 4 heterocycles. The van der Waals surface area contributed by atoms with E-state index in [1.165, 1.54) is 0 Å². The summed E-state index contributed by atoms with van der Waals surface area (Å²) in [7, 11) is -9.44. The van der Waals surface area contributed by atoms with E-state index in [0.29, 0.717) is 24.6 Å². The molecule has 0 saturated carbocycles. The van der Waals surface area contributed by atoms with Gasteiger partial charge in [-0.05, 0) is 6.42 Å². The maximum absolute atomic E-state index is 12.3. The molecule has 2 radical (unpaired) electrons. The summed E-state index contributed by atoms with van der Waals surface area (Å²) in [4.78, 5) is 36.8. The Morgan fingerprint density at radius 1 is 1.05 bits per heavy atom. The molecule has 0 aromatic rings. The van der Waals surface area contributed by atoms with Gasteiger partial charge in [0.15, 0.2) is 12.2 Å². The number of hydrogen-bond acceptors (Lipinski definition) is 17. The monoisotopic (exact) mass is 649 g/mol. The number of likely N-dealkylation sites (N-methyl/N-ethyl adjacent to an activating group) is 1. The van der Waals surface area contributed by atoms with Gasteiger partial charge in [-0.25, -0.2) is 18.7 Å². The van der Waals surface area contributed by atoms with E-state index in [2.05, 4.69) is 23.5 Å². The Bertz CT molecular complexity index is 1210. The first-order valence-corrected chi connectivity index (χ1v) is 16.5. The maximum atomic E-state index is 12.3. The number of nitrogens with one attached hydrogen (secondary N) is 1. The van der Waals surface area contributed by atoms with Crippen LogP contribution in [-0.4, -0.2) is 123 Å². The number of aliphatic imine (C=N–C) groups is 1. The minimum atomic E-state index is -5.74. The topological polar surface area (TPSA) is 285 Å². The molecule has 4 rings (SSSR count). The van der Waals surface area contributed by atoms with Crippen molar-refractivity contribution in [3.05, 3.63) is 11.5 Å². The number of hydrogen-bond donors (Lipinski definition) is 8. The third-order valence-electron chi connectivity index (χ3n) is 6.46. The second kappa shape index (κ2) is 12.1. The van der Waals surface area contributed by atoms with Gasteiger partial charge in [0.25, 0.3) is 0 Å². The number of aliphatic hydroxyl groups excluding tert-OH is 3. The second-order valence-corrected chi connectivity index (χ2v) is 14.3. The van der Waals surface area contributed by atoms with Crippen molar-refractivity contribution in [1.82, 2.24) is 15.1 Å². The molecule has 41 heavy (non-hydrogen) atoms. The van der Waals surface area contributed by atoms with Gasteiger partial charge < -0.3 is 60.3 Å². The van der Waals surface area contributed by atoms with Crippen molar-refractivity contribution in [3.63, 3.8) is 0 Å². The first-order chi connectivity index (χ1) is 18.9. The van der Waals surface area contributed by atoms with Crippen LogP contribution in [-0.2, 0) is 40.8 Å². The number of rotatable bonds is 11. The fraction of sp³-hybridized carbons (Fsp3) is 0.824. The van der Waals surface area contributed by atoms with Crippen molar-refractivity contribution in [2.75, 3.05) is 26.9 Å². The number of phosphoric acid groups is 3. The lowest BCUT2D eigenvalue weighted by Crippen LogP contribution is -2.46. The average molecular weight is 649 g/mol. The van der Waals surface area contributed by atoms with Crippen molar-refractivity contribution in [3.8, 4) is 0 Å². The van der Waals surface area contributed by atoms with E-state index < -0.39 is 79.6 Å². The lowest BCUT2D eigenvalue weighted by molar-refractivity contribution is -0.0691. The summed E-state index contributed by atoms with van der Waals surface area (Å²) in [6.07, 6.45) is -6.76. The van der Waals surface area contributed by atoms with Crippen molar-refractivity contribution in [2.24, 2.45) is 16.6 Å². The number of phosphoric ester groups is 2. The molecule has 2 saturated heterocycles. The summed E-state index contributed by atoms with van der Waals surface area (Å²) >= 11 is 0. The van der Waals surface area contributed by atoms with Gasteiger partial charge >= 0.3 is 23.5 Å². The van der Waals surface area contributed by atoms with Crippen LogP contribution < -0.4 is 11.1 Å². The fourth-order valence-electron chi connectivity index (χ4n) is 4.70. The molecule has 0 aromatic heterocycles. The molecule has 20 nitrogen and oxygen atoms in total. The third-order valence-corrected chi connectivity index (χ3v) is 10.7. The van der Waals surface area contributed by atoms with Crippen molar-refractivity contribution in [1.29, 1.82) is 0 Å². The molecule has 4 aliphatic rings. The van der Waals surface area contributed by atoms with E-state index in [1.54, 1.807) is 16.8 Å². The van der Waals surface area contributed by atoms with E-state index in [4.69, 9.17) is 27.6 Å². The lowest BCUT2D eigenvalue weighted by Gasteiger charge is -2.31. The molecule has 4 aliphatic heterocycles. The summed E-state index contributed by atoms with van der Waals surface area (Å²) in [5.74, 6) is 0.315. The minimum Gasteiger partial charge on any atom is -0.388 e. The summed E-state index contributed by atoms with van der Waals surface area (Å²) in [6.45, 7) is 0.643. The van der Waals surface area contributed by atoms with Gasteiger partial charge in [-0.2, -0.15) is 8.62 Å². The Balaban J connectivity index is 1.28. The number of nitrogens with two attached hydrogens (primary N) is 1. The van der Waals surface area contributed by atoms with Crippen LogP contribution in [0.15, 0.2) is 16.5 Å². The average Bonchev–Trinajstić information content (AvgIpc) is 3.44. The molecular weight excluding hydrogens is 618 g/mol. The zero-order chi connectivity index (χ0) is 30.5. The molecule has 0 spiro atoms. The molecule has 9 N–H and O–H groups in total. The normalized spacial score (nSPS) is 38.2. The van der Waals surface area contributed by atoms with Crippen LogP contribution in [0.4, 0.5) is 0 Å². The highest BCUT2D eigenvalue weighted by molar-refractivity contribution is 7.66. The first kappa shape index (κ1) is 32.8. The van der Waals surface area contributed by atoms with Gasteiger partial charge in [0, 0.05) is 19.0 Å². The summed E-state index contributed by atoms with van der Waals surface area (Å²) in [5, 5.41) is 32.4. The zero-order valence-electron chi connectivity index (χ0n) is 21.6. The highest BCUT2D eigenvalue weighted by atomic mass is 31.3. The highest BCUT2D eigenvalue weighted by Crippen LogP contribution is 2.67. The summed E-state index contributed by atoms with van der Waals surface area (Å²) in [5.41, 5.74) is 6.21. The molecule has 0 amide bonds. The second-order valence-electron chi connectivity index (χ2n) is 9.70. The number of ether oxygens (including phenoxy) is 2. The summed E-state index contributed by atoms with van der Waals surface area (Å²) in [6, 6.07) is -1.32. The largest absolute Gasteiger partial charge is 0.490 e. The zero-order valence-corrected chi connectivity index (χ0v) is 24.3. The van der Waals surface area contributed by atoms with E-state index >= 15 is 0 Å². The molecule has 0 aliphatic carbocycles. The molecule has 0 bridgehead atoms. The number of aliphatic hydroxyl groups is 3. The van der Waals surface area contributed by atoms with Crippen molar-refractivity contribution in [2.45, 2.75) is 56.2 Å². The van der Waals surface area contributed by atoms with Crippen LogP contribution in [0.25, 0.3) is 0 Å². The summed E-state index contributed by atoms with van der Waals surface area (Å²) < 4.78 is 64.7. The van der Waals surface area contributed by atoms with Crippen molar-refractivity contribution < 1.29 is 70.8 Å². The van der Waals surface area contributed by atoms with E-state index in [0.717, 1.165) is 0 Å². The first-order valence-electron chi connectivity index (χ1n) is 12.0. The van der Waals surface area contributed by atoms with Crippen LogP contribution in [0.2, 0.25) is 0 Å². The maximum Gasteiger partial charge on any atom is 0.490 e. The lowest BCUT2D eigenvalue weighted by atomic mass is 9.93. The molecule has 24 heteroatoms. The molecule has 2 fully saturated rings. The van der Waals surface area contributed by atoms with Crippen LogP contribution >= 0.6 is 23.5 Å². The Morgan fingerprint density at radius 2 is 1.66 bits per heavy atom. The predicted molar refractivity (Wildman–Crippen MR) is 135 cm³/mol. The van der Waals surface area contributed by atoms with Crippen LogP contribution in [0, 0.1) is 5.92 Å². The van der Waals surface area contributed by atoms with Crippen LogP contribution in [0.3, 0.4) is 0 Å². The fourth-order valence-corrected chi connectivity index (χ4v) is 8.24. The molecule has 6 unspecified atom stereocenters. The molecule has 0 aromatic carbocycles. The molecular formula is C17H31BN5O15P3. The van der Waals surface area contributed by atoms with Gasteiger partial charge in [0.2, 0.25) is 0 Å². The molecule has 232 valence electrons. The Labute approximate surface area is 234 Å². The van der Waals surface area contributed by atoms with Crippen LogP contribution in [0.5, 0.6) is 0 Å². The number of nitrogens with zero attached hydrogens (tertiary/aromatic N) is 3. The van der Waals surface area contributed by atoms with Gasteiger partial charge in [-0.1, -0.05) is 6.92 Å². The SMILES string of the molecule is [B][C@@H]1O[C@H](COP(=O)(O)OP(=O)(O)OP(=O)(O)OC[C@@H]2C[C@H](C)[C@H](N3CN(C)C4=C3NC(N)=NC4O)O2)C(O)C1O. The van der Waals surface area contributed by atoms with Crippen LogP contribution in [0.1, 0.15) is 13.3 Å². The Morgan fingerprint density at radius 3 is 2.24 bits per heavy atom. The van der Waals surface area contributed by atoms with E-state index in [9.17, 15) is 43.7 Å². The quantitative estimate of drug-likeness (QED) is 0.0836. The van der Waals surface area contributed by atoms with Gasteiger partial charge in [0.1, 0.15) is 37.8 Å².